The van der Waals surface area contributed by atoms with Crippen LogP contribution in [0.1, 0.15) is 24.0 Å². The summed E-state index contributed by atoms with van der Waals surface area (Å²) in [6.45, 7) is 1.41. The van der Waals surface area contributed by atoms with Gasteiger partial charge in [-0.1, -0.05) is 12.1 Å². The fraction of sp³-hybridized carbons (Fsp3) is 0.533. The maximum Gasteiger partial charge on any atom is 0.234 e. The number of amides is 1. The van der Waals surface area contributed by atoms with Crippen LogP contribution in [0.4, 0.5) is 0 Å². The van der Waals surface area contributed by atoms with E-state index in [1.165, 1.54) is 24.0 Å². The summed E-state index contributed by atoms with van der Waals surface area (Å²) in [7, 11) is 1.76. The van der Waals surface area contributed by atoms with Gasteiger partial charge in [-0.15, -0.1) is 0 Å². The molecule has 1 aliphatic carbocycles. The molecule has 0 saturated carbocycles. The molecule has 1 aromatic carbocycles. The summed E-state index contributed by atoms with van der Waals surface area (Å²) in [5, 5.41) is 5.62. The topological polar surface area (TPSA) is 50.4 Å². The van der Waals surface area contributed by atoms with Crippen molar-refractivity contribution < 1.29 is 9.53 Å². The van der Waals surface area contributed by atoms with Gasteiger partial charge in [0, 0.05) is 0 Å². The van der Waals surface area contributed by atoms with E-state index in [4.69, 9.17) is 4.74 Å². The largest absolute Gasteiger partial charge is 0.491 e. The zero-order valence-corrected chi connectivity index (χ0v) is 11.5. The molecule has 0 atom stereocenters. The van der Waals surface area contributed by atoms with E-state index in [2.05, 4.69) is 22.8 Å². The molecule has 4 nitrogen and oxygen atoms in total. The second-order valence-electron chi connectivity index (χ2n) is 4.83. The third kappa shape index (κ3) is 3.96. The van der Waals surface area contributed by atoms with Crippen LogP contribution in [0, 0.1) is 0 Å². The van der Waals surface area contributed by atoms with E-state index in [1.54, 1.807) is 7.05 Å². The number of benzene rings is 1. The summed E-state index contributed by atoms with van der Waals surface area (Å²) in [6.07, 6.45) is 4.78. The Bertz CT molecular complexity index is 432. The summed E-state index contributed by atoms with van der Waals surface area (Å²) in [4.78, 5) is 11.3. The van der Waals surface area contributed by atoms with Gasteiger partial charge in [-0.25, -0.2) is 0 Å². The Morgan fingerprint density at radius 3 is 3.00 bits per heavy atom. The number of carbonyl (C=O) groups excluding carboxylic acids is 1. The number of hydrogen-bond acceptors (Lipinski definition) is 3. The number of fused-ring (bicyclic) bond motifs is 1. The van der Waals surface area contributed by atoms with Crippen molar-refractivity contribution in [3.05, 3.63) is 29.3 Å². The van der Waals surface area contributed by atoms with Gasteiger partial charge in [-0.05, 0) is 49.9 Å². The van der Waals surface area contributed by atoms with Gasteiger partial charge in [0.15, 0.2) is 0 Å². The molecule has 1 amide bonds. The van der Waals surface area contributed by atoms with Gasteiger partial charge in [0.25, 0.3) is 0 Å². The zero-order chi connectivity index (χ0) is 13.5. The molecule has 1 aliphatic rings. The summed E-state index contributed by atoms with van der Waals surface area (Å²) in [6, 6.07) is 6.27. The first-order valence-electron chi connectivity index (χ1n) is 6.96. The number of nitrogens with one attached hydrogen (secondary N) is 2. The Labute approximate surface area is 114 Å². The monoisotopic (exact) mass is 262 g/mol. The molecule has 0 fully saturated rings. The Balaban J connectivity index is 1.81. The van der Waals surface area contributed by atoms with Crippen molar-refractivity contribution in [2.45, 2.75) is 25.7 Å². The predicted molar refractivity (Wildman–Crippen MR) is 75.5 cm³/mol. The lowest BCUT2D eigenvalue weighted by Crippen LogP contribution is -2.34. The highest BCUT2D eigenvalue weighted by molar-refractivity contribution is 5.77. The van der Waals surface area contributed by atoms with Crippen LogP contribution in [-0.4, -0.2) is 32.7 Å². The van der Waals surface area contributed by atoms with Gasteiger partial charge in [-0.3, -0.25) is 4.79 Å². The lowest BCUT2D eigenvalue weighted by Gasteiger charge is -2.19. The molecule has 1 aromatic rings. The number of carbonyl (C=O) groups is 1. The van der Waals surface area contributed by atoms with Gasteiger partial charge in [0.05, 0.1) is 13.1 Å². The summed E-state index contributed by atoms with van der Waals surface area (Å²) in [5.41, 5.74) is 2.78. The molecule has 0 aliphatic heterocycles. The first-order chi connectivity index (χ1) is 9.31. The summed E-state index contributed by atoms with van der Waals surface area (Å²) >= 11 is 0. The molecular formula is C15H22N2O2. The van der Waals surface area contributed by atoms with Crippen molar-refractivity contribution in [1.82, 2.24) is 10.6 Å². The van der Waals surface area contributed by atoms with Crippen molar-refractivity contribution in [2.24, 2.45) is 0 Å². The normalized spacial score (nSPS) is 13.7. The average Bonchev–Trinajstić information content (AvgIpc) is 2.44. The molecule has 4 heteroatoms. The summed E-state index contributed by atoms with van der Waals surface area (Å²) < 4.78 is 5.80. The smallest absolute Gasteiger partial charge is 0.234 e. The van der Waals surface area contributed by atoms with Gasteiger partial charge in [0.2, 0.25) is 5.91 Å². The molecule has 0 bridgehead atoms. The molecule has 0 aromatic heterocycles. The number of hydrogen-bond donors (Lipinski definition) is 2. The number of likely N-dealkylation sites (N-methyl/N-ethyl adjacent to an activating group) is 1. The van der Waals surface area contributed by atoms with Gasteiger partial charge in [0.1, 0.15) is 12.4 Å². The second-order valence-corrected chi connectivity index (χ2v) is 4.83. The average molecular weight is 262 g/mol. The molecule has 0 unspecified atom stereocenters. The molecule has 2 rings (SSSR count). The van der Waals surface area contributed by atoms with E-state index in [9.17, 15) is 4.79 Å². The maximum atomic E-state index is 11.3. The third-order valence-electron chi connectivity index (χ3n) is 3.37. The van der Waals surface area contributed by atoms with E-state index in [-0.39, 0.29) is 5.91 Å². The van der Waals surface area contributed by atoms with Crippen molar-refractivity contribution in [2.75, 3.05) is 26.7 Å². The van der Waals surface area contributed by atoms with Crippen LogP contribution < -0.4 is 15.4 Å². The first kappa shape index (κ1) is 13.9. The van der Waals surface area contributed by atoms with Crippen LogP contribution in [0.5, 0.6) is 5.75 Å². The van der Waals surface area contributed by atoms with Gasteiger partial charge in [-0.2, -0.15) is 0 Å². The van der Waals surface area contributed by atoms with Crippen LogP contribution in [0.15, 0.2) is 18.2 Å². The van der Waals surface area contributed by atoms with E-state index < -0.39 is 0 Å². The molecule has 2 N–H and O–H groups in total. The lowest BCUT2D eigenvalue weighted by atomic mass is 9.91. The molecule has 0 spiro atoms. The van der Waals surface area contributed by atoms with E-state index in [1.807, 2.05) is 6.07 Å². The predicted octanol–water partition coefficient (Wildman–Crippen LogP) is 1.28. The Morgan fingerprint density at radius 2 is 2.16 bits per heavy atom. The van der Waals surface area contributed by atoms with Crippen molar-refractivity contribution >= 4 is 5.91 Å². The minimum atomic E-state index is 0.00110. The van der Waals surface area contributed by atoms with E-state index in [0.29, 0.717) is 19.7 Å². The van der Waals surface area contributed by atoms with Crippen LogP contribution in [0.25, 0.3) is 0 Å². The van der Waals surface area contributed by atoms with Crippen molar-refractivity contribution in [3.63, 3.8) is 0 Å². The lowest BCUT2D eigenvalue weighted by molar-refractivity contribution is -0.120. The van der Waals surface area contributed by atoms with Crippen molar-refractivity contribution in [1.29, 1.82) is 0 Å². The van der Waals surface area contributed by atoms with E-state index >= 15 is 0 Å². The third-order valence-corrected chi connectivity index (χ3v) is 3.37. The zero-order valence-electron chi connectivity index (χ0n) is 11.5. The van der Waals surface area contributed by atoms with Crippen LogP contribution in [0.2, 0.25) is 0 Å². The quantitative estimate of drug-likeness (QED) is 0.759. The van der Waals surface area contributed by atoms with Gasteiger partial charge < -0.3 is 15.4 Å². The SMILES string of the molecule is CNCC(=O)NCCOc1cccc2c1CCCC2. The highest BCUT2D eigenvalue weighted by Gasteiger charge is 2.13. The molecule has 0 heterocycles. The Hall–Kier alpha value is -1.55. The molecule has 0 saturated heterocycles. The summed E-state index contributed by atoms with van der Waals surface area (Å²) in [5.74, 6) is 0.987. The molecular weight excluding hydrogens is 240 g/mol. The van der Waals surface area contributed by atoms with Crippen LogP contribution in [-0.2, 0) is 17.6 Å². The second kappa shape index (κ2) is 7.14. The standard InChI is InChI=1S/C15H22N2O2/c1-16-11-15(18)17-9-10-19-14-8-4-6-12-5-2-3-7-13(12)14/h4,6,8,16H,2-3,5,7,9-11H2,1H3,(H,17,18). The molecule has 19 heavy (non-hydrogen) atoms. The highest BCUT2D eigenvalue weighted by Crippen LogP contribution is 2.29. The van der Waals surface area contributed by atoms with Gasteiger partial charge >= 0.3 is 0 Å². The van der Waals surface area contributed by atoms with E-state index in [0.717, 1.165) is 18.6 Å². The maximum absolute atomic E-state index is 11.3. The fourth-order valence-electron chi connectivity index (χ4n) is 2.46. The number of aryl methyl sites for hydroxylation is 1. The van der Waals surface area contributed by atoms with Crippen LogP contribution in [0.3, 0.4) is 0 Å². The molecule has 0 radical (unpaired) electrons. The fourth-order valence-corrected chi connectivity index (χ4v) is 2.46. The Kier molecular flexibility index (Phi) is 5.21. The first-order valence-corrected chi connectivity index (χ1v) is 6.96. The van der Waals surface area contributed by atoms with Crippen LogP contribution >= 0.6 is 0 Å². The minimum Gasteiger partial charge on any atom is -0.491 e. The Morgan fingerprint density at radius 1 is 1.32 bits per heavy atom. The van der Waals surface area contributed by atoms with Crippen molar-refractivity contribution in [3.8, 4) is 5.75 Å². The number of rotatable bonds is 6. The molecule has 104 valence electrons. The highest BCUT2D eigenvalue weighted by atomic mass is 16.5. The number of ether oxygens (including phenoxy) is 1. The minimum absolute atomic E-state index is 0.00110.